The Bertz CT molecular complexity index is 1040. The van der Waals surface area contributed by atoms with E-state index in [0.29, 0.717) is 19.4 Å². The highest BCUT2D eigenvalue weighted by atomic mass is 19.1. The Labute approximate surface area is 194 Å². The van der Waals surface area contributed by atoms with Crippen LogP contribution in [0.3, 0.4) is 0 Å². The minimum absolute atomic E-state index is 0.0987. The van der Waals surface area contributed by atoms with Crippen LogP contribution in [0, 0.1) is 12.7 Å². The van der Waals surface area contributed by atoms with Crippen LogP contribution < -0.4 is 9.47 Å². The van der Waals surface area contributed by atoms with Crippen LogP contribution in [0.1, 0.15) is 30.7 Å². The van der Waals surface area contributed by atoms with Gasteiger partial charge in [0.05, 0.1) is 12.1 Å². The number of halogens is 1. The third-order valence-electron chi connectivity index (χ3n) is 6.17. The average Bonchev–Trinajstić information content (AvgIpc) is 3.12. The highest BCUT2D eigenvalue weighted by Gasteiger charge is 2.31. The molecule has 0 saturated carbocycles. The number of nitrogens with zero attached hydrogens (tertiary/aromatic N) is 3. The zero-order chi connectivity index (χ0) is 23.1. The molecule has 0 aliphatic carbocycles. The lowest BCUT2D eigenvalue weighted by atomic mass is 9.96. The zero-order valence-corrected chi connectivity index (χ0v) is 19.1. The van der Waals surface area contributed by atoms with Crippen LogP contribution in [0.5, 0.6) is 11.5 Å². The van der Waals surface area contributed by atoms with Crippen LogP contribution in [-0.2, 0) is 13.1 Å². The van der Waals surface area contributed by atoms with Gasteiger partial charge in [-0.2, -0.15) is 0 Å². The van der Waals surface area contributed by atoms with E-state index in [-0.39, 0.29) is 12.4 Å². The lowest BCUT2D eigenvalue weighted by Crippen LogP contribution is -2.37. The van der Waals surface area contributed by atoms with Crippen LogP contribution in [0.25, 0.3) is 0 Å². The molecule has 0 spiro atoms. The molecule has 1 aliphatic heterocycles. The summed E-state index contributed by atoms with van der Waals surface area (Å²) in [6.07, 6.45) is 5.83. The van der Waals surface area contributed by atoms with Crippen LogP contribution in [-0.4, -0.2) is 51.5 Å². The second-order valence-electron chi connectivity index (χ2n) is 8.74. The van der Waals surface area contributed by atoms with Crippen molar-refractivity contribution in [1.29, 1.82) is 0 Å². The maximum atomic E-state index is 13.8. The predicted octanol–water partition coefficient (Wildman–Crippen LogP) is 4.21. The average molecular weight is 454 g/mol. The number of aliphatic hydroxyl groups is 1. The summed E-state index contributed by atoms with van der Waals surface area (Å²) < 4.78 is 27.5. The van der Waals surface area contributed by atoms with E-state index in [4.69, 9.17) is 9.47 Å². The maximum Gasteiger partial charge on any atom is 0.165 e. The second kappa shape index (κ2) is 10.8. The summed E-state index contributed by atoms with van der Waals surface area (Å²) in [7, 11) is 0. The molecule has 1 aliphatic rings. The molecule has 1 N–H and O–H groups in total. The number of aromatic nitrogens is 2. The molecule has 6 nitrogen and oxygen atoms in total. The summed E-state index contributed by atoms with van der Waals surface area (Å²) in [6.45, 7) is 5.86. The van der Waals surface area contributed by atoms with E-state index in [1.54, 1.807) is 24.4 Å². The molecule has 2 aromatic carbocycles. The van der Waals surface area contributed by atoms with Gasteiger partial charge in [-0.25, -0.2) is 9.37 Å². The molecule has 0 unspecified atom stereocenters. The molecule has 0 bridgehead atoms. The van der Waals surface area contributed by atoms with Crippen molar-refractivity contribution < 1.29 is 19.0 Å². The van der Waals surface area contributed by atoms with Crippen LogP contribution >= 0.6 is 0 Å². The van der Waals surface area contributed by atoms with E-state index in [2.05, 4.69) is 26.6 Å². The number of imidazole rings is 1. The molecule has 1 fully saturated rings. The number of benzene rings is 2. The molecule has 176 valence electrons. The first-order chi connectivity index (χ1) is 16.0. The molecule has 1 saturated heterocycles. The molecular formula is C26H32FN3O3. The predicted molar refractivity (Wildman–Crippen MR) is 125 cm³/mol. The van der Waals surface area contributed by atoms with Gasteiger partial charge in [0.15, 0.2) is 11.6 Å². The first-order valence-electron chi connectivity index (χ1n) is 11.5. The Hall–Kier alpha value is -2.90. The monoisotopic (exact) mass is 453 g/mol. The number of ether oxygens (including phenoxy) is 2. The van der Waals surface area contributed by atoms with E-state index >= 15 is 0 Å². The van der Waals surface area contributed by atoms with Crippen molar-refractivity contribution in [1.82, 2.24) is 14.5 Å². The van der Waals surface area contributed by atoms with Gasteiger partial charge in [0.2, 0.25) is 0 Å². The van der Waals surface area contributed by atoms with Gasteiger partial charge in [0.25, 0.3) is 0 Å². The fourth-order valence-corrected chi connectivity index (χ4v) is 4.20. The normalized spacial score (nSPS) is 19.2. The van der Waals surface area contributed by atoms with E-state index in [1.807, 2.05) is 25.3 Å². The molecule has 0 amide bonds. The standard InChI is InChI=1S/C26H32FN3O3/c1-21-28-12-15-30(21)16-17-32-23-7-4-6-22(18-23)19-29-13-5-10-26(31,11-14-29)20-33-25-9-3-2-8-24(25)27/h2-4,6-9,12,15,18,31H,5,10-11,13-14,16-17,19-20H2,1H3/t26-/m1/s1. The molecule has 0 radical (unpaired) electrons. The number of likely N-dealkylation sites (tertiary alicyclic amines) is 1. The second-order valence-corrected chi connectivity index (χ2v) is 8.74. The van der Waals surface area contributed by atoms with Crippen molar-refractivity contribution in [3.63, 3.8) is 0 Å². The lowest BCUT2D eigenvalue weighted by Gasteiger charge is -2.27. The maximum absolute atomic E-state index is 13.8. The van der Waals surface area contributed by atoms with Gasteiger partial charge in [-0.05, 0) is 62.6 Å². The van der Waals surface area contributed by atoms with Gasteiger partial charge in [-0.15, -0.1) is 0 Å². The van der Waals surface area contributed by atoms with Gasteiger partial charge in [0, 0.05) is 25.5 Å². The molecule has 33 heavy (non-hydrogen) atoms. The van der Waals surface area contributed by atoms with Gasteiger partial charge in [0.1, 0.15) is 24.8 Å². The van der Waals surface area contributed by atoms with Crippen LogP contribution in [0.4, 0.5) is 4.39 Å². The smallest absolute Gasteiger partial charge is 0.165 e. The van der Waals surface area contributed by atoms with Crippen molar-refractivity contribution in [3.05, 3.63) is 78.1 Å². The van der Waals surface area contributed by atoms with Gasteiger partial charge >= 0.3 is 0 Å². The quantitative estimate of drug-likeness (QED) is 0.526. The lowest BCUT2D eigenvalue weighted by molar-refractivity contribution is -0.0177. The van der Waals surface area contributed by atoms with E-state index in [1.165, 1.54) is 11.6 Å². The number of aryl methyl sites for hydroxylation is 1. The van der Waals surface area contributed by atoms with E-state index in [0.717, 1.165) is 44.2 Å². The van der Waals surface area contributed by atoms with Crippen molar-refractivity contribution in [2.24, 2.45) is 0 Å². The fourth-order valence-electron chi connectivity index (χ4n) is 4.20. The van der Waals surface area contributed by atoms with Crippen molar-refractivity contribution in [3.8, 4) is 11.5 Å². The van der Waals surface area contributed by atoms with Crippen LogP contribution in [0.15, 0.2) is 60.9 Å². The minimum Gasteiger partial charge on any atom is -0.492 e. The summed E-state index contributed by atoms with van der Waals surface area (Å²) in [5.41, 5.74) is 0.229. The first kappa shape index (κ1) is 23.3. The molecule has 4 rings (SSSR count). The Morgan fingerprint density at radius 1 is 1.09 bits per heavy atom. The third kappa shape index (κ3) is 6.55. The van der Waals surface area contributed by atoms with Gasteiger partial charge in [-0.1, -0.05) is 24.3 Å². The highest BCUT2D eigenvalue weighted by Crippen LogP contribution is 2.26. The zero-order valence-electron chi connectivity index (χ0n) is 19.1. The Morgan fingerprint density at radius 2 is 1.97 bits per heavy atom. The summed E-state index contributed by atoms with van der Waals surface area (Å²) in [5, 5.41) is 11.0. The number of hydrogen-bond donors (Lipinski definition) is 1. The molecular weight excluding hydrogens is 421 g/mol. The SMILES string of the molecule is Cc1nccn1CCOc1cccc(CN2CCC[C@](O)(COc3ccccc3F)CC2)c1. The van der Waals surface area contributed by atoms with Crippen molar-refractivity contribution in [2.45, 2.75) is 44.9 Å². The summed E-state index contributed by atoms with van der Waals surface area (Å²) in [4.78, 5) is 6.57. The highest BCUT2D eigenvalue weighted by molar-refractivity contribution is 5.28. The minimum atomic E-state index is -0.951. The Kier molecular flexibility index (Phi) is 7.62. The van der Waals surface area contributed by atoms with E-state index in [9.17, 15) is 9.50 Å². The Morgan fingerprint density at radius 3 is 2.79 bits per heavy atom. The summed E-state index contributed by atoms with van der Waals surface area (Å²) in [5.74, 6) is 1.62. The van der Waals surface area contributed by atoms with Gasteiger partial charge in [-0.3, -0.25) is 4.90 Å². The number of hydrogen-bond acceptors (Lipinski definition) is 5. The Balaban J connectivity index is 1.27. The van der Waals surface area contributed by atoms with Crippen molar-refractivity contribution in [2.75, 3.05) is 26.3 Å². The fraction of sp³-hybridized carbons (Fsp3) is 0.423. The number of rotatable bonds is 9. The summed E-state index contributed by atoms with van der Waals surface area (Å²) >= 11 is 0. The topological polar surface area (TPSA) is 59.8 Å². The molecule has 1 atom stereocenters. The first-order valence-corrected chi connectivity index (χ1v) is 11.5. The molecule has 7 heteroatoms. The number of para-hydroxylation sites is 1. The summed E-state index contributed by atoms with van der Waals surface area (Å²) in [6, 6.07) is 14.5. The molecule has 1 aromatic heterocycles. The van der Waals surface area contributed by atoms with Crippen molar-refractivity contribution >= 4 is 0 Å². The van der Waals surface area contributed by atoms with Crippen LogP contribution in [0.2, 0.25) is 0 Å². The van der Waals surface area contributed by atoms with E-state index < -0.39 is 11.4 Å². The largest absolute Gasteiger partial charge is 0.492 e. The van der Waals surface area contributed by atoms with Gasteiger partial charge < -0.3 is 19.1 Å². The molecule has 3 aromatic rings. The third-order valence-corrected chi connectivity index (χ3v) is 6.17. The molecule has 2 heterocycles.